The molecule has 0 fully saturated rings. The summed E-state index contributed by atoms with van der Waals surface area (Å²) in [4.78, 5) is 5.60. The van der Waals surface area contributed by atoms with E-state index in [9.17, 15) is 0 Å². The summed E-state index contributed by atoms with van der Waals surface area (Å²) < 4.78 is 0. The molecule has 1 atom stereocenters. The molecule has 1 heterocycles. The van der Waals surface area contributed by atoms with Crippen LogP contribution in [0.4, 0.5) is 0 Å². The number of unbranched alkanes of at least 4 members (excludes halogenated alkanes) is 6. The van der Waals surface area contributed by atoms with Crippen molar-refractivity contribution in [3.8, 4) is 0 Å². The topological polar surface area (TPSA) is 24.9 Å². The van der Waals surface area contributed by atoms with Gasteiger partial charge in [-0.05, 0) is 25.8 Å². The van der Waals surface area contributed by atoms with Crippen LogP contribution in [-0.4, -0.2) is 17.6 Å². The van der Waals surface area contributed by atoms with Crippen molar-refractivity contribution >= 4 is 11.3 Å². The van der Waals surface area contributed by atoms with Crippen LogP contribution >= 0.6 is 11.3 Å². The van der Waals surface area contributed by atoms with Crippen LogP contribution in [0.1, 0.15) is 76.5 Å². The minimum atomic E-state index is 0.644. The van der Waals surface area contributed by atoms with Gasteiger partial charge in [0, 0.05) is 17.1 Å². The van der Waals surface area contributed by atoms with Gasteiger partial charge in [0.15, 0.2) is 0 Å². The summed E-state index contributed by atoms with van der Waals surface area (Å²) in [7, 11) is 0. The lowest BCUT2D eigenvalue weighted by atomic mass is 10.0. The molecule has 0 aliphatic carbocycles. The number of nitrogens with zero attached hydrogens (tertiary/aromatic N) is 1. The van der Waals surface area contributed by atoms with Gasteiger partial charge >= 0.3 is 0 Å². The molecule has 0 saturated carbocycles. The Balaban J connectivity index is 2.13. The van der Waals surface area contributed by atoms with Gasteiger partial charge in [0.05, 0.1) is 5.51 Å². The lowest BCUT2D eigenvalue weighted by Gasteiger charge is -2.17. The third-order valence-corrected chi connectivity index (χ3v) is 4.57. The van der Waals surface area contributed by atoms with Gasteiger partial charge in [-0.2, -0.15) is 0 Å². The van der Waals surface area contributed by atoms with Crippen molar-refractivity contribution in [1.82, 2.24) is 10.3 Å². The average Bonchev–Trinajstić information content (AvgIpc) is 2.96. The van der Waals surface area contributed by atoms with Gasteiger partial charge < -0.3 is 5.32 Å². The highest BCUT2D eigenvalue weighted by Gasteiger charge is 2.09. The Morgan fingerprint density at radius 1 is 1.05 bits per heavy atom. The molecule has 0 saturated heterocycles. The molecule has 20 heavy (non-hydrogen) atoms. The maximum atomic E-state index is 4.18. The van der Waals surface area contributed by atoms with Gasteiger partial charge in [0.1, 0.15) is 0 Å². The Morgan fingerprint density at radius 3 is 2.45 bits per heavy atom. The van der Waals surface area contributed by atoms with Crippen LogP contribution < -0.4 is 5.32 Å². The van der Waals surface area contributed by atoms with Gasteiger partial charge in [0.2, 0.25) is 0 Å². The molecule has 0 spiro atoms. The highest BCUT2D eigenvalue weighted by Crippen LogP contribution is 2.14. The molecule has 1 rings (SSSR count). The minimum absolute atomic E-state index is 0.644. The van der Waals surface area contributed by atoms with E-state index < -0.39 is 0 Å². The molecule has 0 aliphatic rings. The molecule has 1 aromatic heterocycles. The Labute approximate surface area is 129 Å². The number of hydrogen-bond donors (Lipinski definition) is 1. The molecular formula is C17H32N2S. The number of thiazole rings is 1. The standard InChI is InChI=1S/C17H32N2S/c1-3-5-6-7-8-9-10-11-16(19-12-4-2)13-17-14-18-15-20-17/h14-16,19H,3-13H2,1-2H3. The highest BCUT2D eigenvalue weighted by atomic mass is 32.1. The fraction of sp³-hybridized carbons (Fsp3) is 0.824. The first-order chi connectivity index (χ1) is 9.86. The predicted molar refractivity (Wildman–Crippen MR) is 90.5 cm³/mol. The Bertz CT molecular complexity index is 298. The molecule has 3 heteroatoms. The van der Waals surface area contributed by atoms with Gasteiger partial charge in [-0.25, -0.2) is 0 Å². The lowest BCUT2D eigenvalue weighted by Crippen LogP contribution is -2.31. The Kier molecular flexibility index (Phi) is 10.9. The van der Waals surface area contributed by atoms with Crippen molar-refractivity contribution in [2.75, 3.05) is 6.54 Å². The molecule has 1 N–H and O–H groups in total. The molecule has 116 valence electrons. The molecule has 0 aromatic carbocycles. The quantitative estimate of drug-likeness (QED) is 0.506. The maximum Gasteiger partial charge on any atom is 0.0794 e. The van der Waals surface area contributed by atoms with E-state index in [1.165, 1.54) is 62.7 Å². The van der Waals surface area contributed by atoms with Crippen molar-refractivity contribution in [3.05, 3.63) is 16.6 Å². The van der Waals surface area contributed by atoms with Crippen molar-refractivity contribution in [2.24, 2.45) is 0 Å². The highest BCUT2D eigenvalue weighted by molar-refractivity contribution is 7.09. The summed E-state index contributed by atoms with van der Waals surface area (Å²) in [6.07, 6.45) is 15.5. The lowest BCUT2D eigenvalue weighted by molar-refractivity contribution is 0.451. The van der Waals surface area contributed by atoms with E-state index in [-0.39, 0.29) is 0 Å². The second kappa shape index (κ2) is 12.3. The summed E-state index contributed by atoms with van der Waals surface area (Å²) in [5.41, 5.74) is 1.94. The van der Waals surface area contributed by atoms with E-state index in [2.05, 4.69) is 24.1 Å². The zero-order valence-corrected chi connectivity index (χ0v) is 14.2. The molecule has 2 nitrogen and oxygen atoms in total. The summed E-state index contributed by atoms with van der Waals surface area (Å²) >= 11 is 1.79. The van der Waals surface area contributed by atoms with E-state index in [0.29, 0.717) is 6.04 Å². The molecule has 0 aliphatic heterocycles. The smallest absolute Gasteiger partial charge is 0.0794 e. The maximum absolute atomic E-state index is 4.18. The third-order valence-electron chi connectivity index (χ3n) is 3.77. The predicted octanol–water partition coefficient (Wildman–Crippen LogP) is 5.19. The number of hydrogen-bond acceptors (Lipinski definition) is 3. The van der Waals surface area contributed by atoms with Crippen LogP contribution in [0.2, 0.25) is 0 Å². The molecule has 0 radical (unpaired) electrons. The van der Waals surface area contributed by atoms with E-state index in [1.54, 1.807) is 11.3 Å². The minimum Gasteiger partial charge on any atom is -0.314 e. The van der Waals surface area contributed by atoms with Crippen LogP contribution in [0.25, 0.3) is 0 Å². The monoisotopic (exact) mass is 296 g/mol. The second-order valence-electron chi connectivity index (χ2n) is 5.73. The average molecular weight is 297 g/mol. The first-order valence-corrected chi connectivity index (χ1v) is 9.35. The largest absolute Gasteiger partial charge is 0.314 e. The van der Waals surface area contributed by atoms with E-state index >= 15 is 0 Å². The summed E-state index contributed by atoms with van der Waals surface area (Å²) in [6, 6.07) is 0.644. The van der Waals surface area contributed by atoms with Crippen LogP contribution in [0.15, 0.2) is 11.7 Å². The van der Waals surface area contributed by atoms with Gasteiger partial charge in [0.25, 0.3) is 0 Å². The van der Waals surface area contributed by atoms with Crippen molar-refractivity contribution < 1.29 is 0 Å². The van der Waals surface area contributed by atoms with Crippen LogP contribution in [-0.2, 0) is 6.42 Å². The van der Waals surface area contributed by atoms with E-state index in [1.807, 2.05) is 11.7 Å². The molecule has 1 unspecified atom stereocenters. The van der Waals surface area contributed by atoms with E-state index in [0.717, 1.165) is 13.0 Å². The molecule has 0 bridgehead atoms. The summed E-state index contributed by atoms with van der Waals surface area (Å²) in [5, 5.41) is 3.70. The zero-order valence-electron chi connectivity index (χ0n) is 13.4. The van der Waals surface area contributed by atoms with Gasteiger partial charge in [-0.15, -0.1) is 11.3 Å². The third kappa shape index (κ3) is 8.70. The molecule has 1 aromatic rings. The fourth-order valence-electron chi connectivity index (χ4n) is 2.56. The zero-order chi connectivity index (χ0) is 14.5. The number of nitrogens with one attached hydrogen (secondary N) is 1. The fourth-order valence-corrected chi connectivity index (χ4v) is 3.23. The first-order valence-electron chi connectivity index (χ1n) is 8.47. The van der Waals surface area contributed by atoms with Crippen molar-refractivity contribution in [1.29, 1.82) is 0 Å². The van der Waals surface area contributed by atoms with E-state index in [4.69, 9.17) is 0 Å². The number of rotatable bonds is 13. The first kappa shape index (κ1) is 17.6. The van der Waals surface area contributed by atoms with Crippen LogP contribution in [0.5, 0.6) is 0 Å². The second-order valence-corrected chi connectivity index (χ2v) is 6.70. The van der Waals surface area contributed by atoms with Crippen molar-refractivity contribution in [3.63, 3.8) is 0 Å². The molecular weight excluding hydrogens is 264 g/mol. The number of aromatic nitrogens is 1. The van der Waals surface area contributed by atoms with Crippen LogP contribution in [0, 0.1) is 0 Å². The molecule has 0 amide bonds. The summed E-state index contributed by atoms with van der Waals surface area (Å²) in [5.74, 6) is 0. The van der Waals surface area contributed by atoms with Crippen LogP contribution in [0.3, 0.4) is 0 Å². The van der Waals surface area contributed by atoms with Crippen molar-refractivity contribution in [2.45, 2.75) is 84.1 Å². The van der Waals surface area contributed by atoms with Gasteiger partial charge in [-0.1, -0.05) is 58.8 Å². The normalized spacial score (nSPS) is 12.7. The Hall–Kier alpha value is -0.410. The Morgan fingerprint density at radius 2 is 1.80 bits per heavy atom. The SMILES string of the molecule is CCCCCCCCCC(Cc1cncs1)NCCC. The van der Waals surface area contributed by atoms with Gasteiger partial charge in [-0.3, -0.25) is 4.98 Å². The summed E-state index contributed by atoms with van der Waals surface area (Å²) in [6.45, 7) is 5.66.